The first-order chi connectivity index (χ1) is 30.3. The summed E-state index contributed by atoms with van der Waals surface area (Å²) in [5.74, 6) is 1.83. The Morgan fingerprint density at radius 1 is 0.328 bits per heavy atom. The fourth-order valence-electron chi connectivity index (χ4n) is 9.58. The molecule has 6 heteroatoms. The number of fused-ring (bicyclic) bond motifs is 13. The zero-order valence-corrected chi connectivity index (χ0v) is 32.7. The second-order valence-corrected chi connectivity index (χ2v) is 15.5. The second kappa shape index (κ2) is 13.1. The summed E-state index contributed by atoms with van der Waals surface area (Å²) in [4.78, 5) is 15.1. The molecule has 0 saturated heterocycles. The molecule has 284 valence electrons. The van der Waals surface area contributed by atoms with Crippen LogP contribution in [0.25, 0.3) is 122 Å². The molecule has 0 saturated carbocycles. The molecule has 0 amide bonds. The predicted octanol–water partition coefficient (Wildman–Crippen LogP) is 14.1. The van der Waals surface area contributed by atoms with Crippen LogP contribution in [0, 0.1) is 0 Å². The lowest BCUT2D eigenvalue weighted by molar-refractivity contribution is 0.668. The molecule has 13 rings (SSSR count). The lowest BCUT2D eigenvalue weighted by Gasteiger charge is -2.14. The largest absolute Gasteiger partial charge is 0.456 e. The van der Waals surface area contributed by atoms with Gasteiger partial charge < -0.3 is 13.6 Å². The Bertz CT molecular complexity index is 3810. The normalized spacial score (nSPS) is 11.9. The van der Waals surface area contributed by atoms with Crippen LogP contribution in [0.1, 0.15) is 0 Å². The fourth-order valence-corrected chi connectivity index (χ4v) is 9.58. The number of rotatable bonds is 5. The molecule has 0 bridgehead atoms. The van der Waals surface area contributed by atoms with Crippen LogP contribution in [0.3, 0.4) is 0 Å². The van der Waals surface area contributed by atoms with Crippen molar-refractivity contribution in [2.24, 2.45) is 0 Å². The molecular weight excluding hydrogens is 747 g/mol. The number of benzene rings is 9. The Labute approximate surface area is 349 Å². The number of hydrogen-bond acceptors (Lipinski definition) is 4. The summed E-state index contributed by atoms with van der Waals surface area (Å²) in [6.07, 6.45) is 0. The number of para-hydroxylation sites is 3. The van der Waals surface area contributed by atoms with E-state index in [1.165, 1.54) is 43.4 Å². The van der Waals surface area contributed by atoms with E-state index in [0.717, 1.165) is 61.0 Å². The molecule has 0 spiro atoms. The zero-order chi connectivity index (χ0) is 40.0. The van der Waals surface area contributed by atoms with E-state index in [9.17, 15) is 0 Å². The van der Waals surface area contributed by atoms with Gasteiger partial charge in [-0.3, -0.25) is 0 Å². The van der Waals surface area contributed by atoms with Gasteiger partial charge in [-0.1, -0.05) is 152 Å². The van der Waals surface area contributed by atoms with Crippen molar-refractivity contribution >= 4 is 76.3 Å². The monoisotopic (exact) mass is 779 g/mol. The van der Waals surface area contributed by atoms with Crippen LogP contribution < -0.4 is 0 Å². The van der Waals surface area contributed by atoms with Gasteiger partial charge in [-0.2, -0.15) is 0 Å². The summed E-state index contributed by atoms with van der Waals surface area (Å²) in [7, 11) is 0. The van der Waals surface area contributed by atoms with Crippen molar-refractivity contribution in [1.29, 1.82) is 0 Å². The Morgan fingerprint density at radius 3 is 1.41 bits per heavy atom. The summed E-state index contributed by atoms with van der Waals surface area (Å²) >= 11 is 0. The van der Waals surface area contributed by atoms with E-state index >= 15 is 0 Å². The van der Waals surface area contributed by atoms with Crippen molar-refractivity contribution in [3.05, 3.63) is 200 Å². The quantitative estimate of drug-likeness (QED) is 0.175. The van der Waals surface area contributed by atoms with Gasteiger partial charge in [0.25, 0.3) is 0 Å². The fraction of sp³-hybridized carbons (Fsp3) is 0. The molecule has 0 N–H and O–H groups in total. The molecular formula is C55H33N5O. The van der Waals surface area contributed by atoms with Gasteiger partial charge in [0.2, 0.25) is 0 Å². The minimum absolute atomic E-state index is 0.593. The van der Waals surface area contributed by atoms with E-state index in [1.54, 1.807) is 0 Å². The van der Waals surface area contributed by atoms with Gasteiger partial charge in [0.15, 0.2) is 17.5 Å². The Hall–Kier alpha value is -8.35. The SMILES string of the molecule is c1ccc(-c2nc(-c3ccccc3)nc(-c3cccc4oc5cc(-n6c7ccccc7c7c8ccccc8c8c9ccccc9n(-c9ccccc9)c8c76)ccc5c34)n2)cc1. The van der Waals surface area contributed by atoms with Gasteiger partial charge in [0.1, 0.15) is 11.2 Å². The number of furan rings is 1. The van der Waals surface area contributed by atoms with Crippen molar-refractivity contribution in [3.8, 4) is 45.5 Å². The van der Waals surface area contributed by atoms with Crippen molar-refractivity contribution in [2.75, 3.05) is 0 Å². The highest BCUT2D eigenvalue weighted by Gasteiger charge is 2.25. The summed E-state index contributed by atoms with van der Waals surface area (Å²) in [5, 5.41) is 9.31. The van der Waals surface area contributed by atoms with Crippen LogP contribution >= 0.6 is 0 Å². The van der Waals surface area contributed by atoms with Gasteiger partial charge in [0, 0.05) is 60.8 Å². The van der Waals surface area contributed by atoms with Gasteiger partial charge in [-0.05, 0) is 53.2 Å². The third-order valence-corrected chi connectivity index (χ3v) is 12.1. The van der Waals surface area contributed by atoms with E-state index in [1.807, 2.05) is 72.8 Å². The van der Waals surface area contributed by atoms with Gasteiger partial charge in [0.05, 0.1) is 27.8 Å². The first kappa shape index (κ1) is 33.6. The van der Waals surface area contributed by atoms with E-state index in [0.29, 0.717) is 17.5 Å². The van der Waals surface area contributed by atoms with Crippen molar-refractivity contribution in [1.82, 2.24) is 24.1 Å². The first-order valence-corrected chi connectivity index (χ1v) is 20.5. The maximum Gasteiger partial charge on any atom is 0.164 e. The van der Waals surface area contributed by atoms with Crippen LogP contribution in [-0.4, -0.2) is 24.1 Å². The molecule has 0 radical (unpaired) electrons. The van der Waals surface area contributed by atoms with E-state index in [-0.39, 0.29) is 0 Å². The molecule has 0 unspecified atom stereocenters. The topological polar surface area (TPSA) is 61.7 Å². The van der Waals surface area contributed by atoms with Crippen molar-refractivity contribution in [2.45, 2.75) is 0 Å². The van der Waals surface area contributed by atoms with Gasteiger partial charge >= 0.3 is 0 Å². The highest BCUT2D eigenvalue weighted by Crippen LogP contribution is 2.47. The third-order valence-electron chi connectivity index (χ3n) is 12.1. The molecule has 61 heavy (non-hydrogen) atoms. The molecule has 9 aromatic carbocycles. The minimum Gasteiger partial charge on any atom is -0.456 e. The van der Waals surface area contributed by atoms with E-state index in [4.69, 9.17) is 19.4 Å². The maximum absolute atomic E-state index is 6.82. The second-order valence-electron chi connectivity index (χ2n) is 15.5. The number of hydrogen-bond donors (Lipinski definition) is 0. The summed E-state index contributed by atoms with van der Waals surface area (Å²) < 4.78 is 11.7. The van der Waals surface area contributed by atoms with Gasteiger partial charge in [-0.25, -0.2) is 15.0 Å². The van der Waals surface area contributed by atoms with Crippen molar-refractivity contribution < 1.29 is 4.42 Å². The lowest BCUT2D eigenvalue weighted by atomic mass is 9.98. The summed E-state index contributed by atoms with van der Waals surface area (Å²) in [5.41, 5.74) is 11.0. The highest BCUT2D eigenvalue weighted by molar-refractivity contribution is 6.36. The smallest absolute Gasteiger partial charge is 0.164 e. The van der Waals surface area contributed by atoms with Crippen molar-refractivity contribution in [3.63, 3.8) is 0 Å². The average molecular weight is 780 g/mol. The standard InChI is InChI=1S/C55H33N5O/c1-4-17-34(18-5-1)53-56-54(35-19-6-2-7-20-35)58-55(57-53)43-27-16-30-46-48(43)42-32-31-37(33-47(42)61-46)60-45-29-15-13-26-41(45)50-39-24-11-10-23-38(39)49-40-25-12-14-28-44(40)59(51(49)52(50)60)36-21-8-3-9-22-36/h1-33H. The third kappa shape index (κ3) is 5.00. The summed E-state index contributed by atoms with van der Waals surface area (Å²) in [6, 6.07) is 70.1. The van der Waals surface area contributed by atoms with Gasteiger partial charge in [-0.15, -0.1) is 0 Å². The maximum atomic E-state index is 6.82. The Balaban J connectivity index is 1.10. The van der Waals surface area contributed by atoms with Crippen LogP contribution in [0.4, 0.5) is 0 Å². The first-order valence-electron chi connectivity index (χ1n) is 20.5. The van der Waals surface area contributed by atoms with Crippen LogP contribution in [0.2, 0.25) is 0 Å². The summed E-state index contributed by atoms with van der Waals surface area (Å²) in [6.45, 7) is 0. The molecule has 0 aliphatic carbocycles. The molecule has 0 fully saturated rings. The number of aromatic nitrogens is 5. The molecule has 0 aliphatic rings. The molecule has 4 aromatic heterocycles. The number of nitrogens with zero attached hydrogens (tertiary/aromatic N) is 5. The molecule has 6 nitrogen and oxygen atoms in total. The lowest BCUT2D eigenvalue weighted by Crippen LogP contribution is -2.00. The Kier molecular flexibility index (Phi) is 7.21. The predicted molar refractivity (Wildman–Crippen MR) is 250 cm³/mol. The van der Waals surface area contributed by atoms with Crippen LogP contribution in [0.15, 0.2) is 205 Å². The van der Waals surface area contributed by atoms with Crippen LogP contribution in [-0.2, 0) is 0 Å². The molecule has 0 aliphatic heterocycles. The molecule has 13 aromatic rings. The van der Waals surface area contributed by atoms with E-state index in [2.05, 4.69) is 137 Å². The highest BCUT2D eigenvalue weighted by atomic mass is 16.3. The molecule has 0 atom stereocenters. The Morgan fingerprint density at radius 2 is 0.820 bits per heavy atom. The molecule has 4 heterocycles. The van der Waals surface area contributed by atoms with E-state index < -0.39 is 0 Å². The average Bonchev–Trinajstić information content (AvgIpc) is 4.00. The minimum atomic E-state index is 0.593. The zero-order valence-electron chi connectivity index (χ0n) is 32.7. The van der Waals surface area contributed by atoms with Crippen LogP contribution in [0.5, 0.6) is 0 Å².